The lowest BCUT2D eigenvalue weighted by molar-refractivity contribution is 0.249. The van der Waals surface area contributed by atoms with Gasteiger partial charge >= 0.3 is 6.03 Å². The Morgan fingerprint density at radius 1 is 1.32 bits per heavy atom. The fourth-order valence-electron chi connectivity index (χ4n) is 2.75. The van der Waals surface area contributed by atoms with Gasteiger partial charge in [-0.2, -0.15) is 0 Å². The molecule has 2 amide bonds. The second-order valence-corrected chi connectivity index (χ2v) is 5.56. The fourth-order valence-corrected chi connectivity index (χ4v) is 2.75. The zero-order valence-electron chi connectivity index (χ0n) is 12.8. The van der Waals surface area contributed by atoms with Crippen molar-refractivity contribution in [3.8, 4) is 0 Å². The number of benzene rings is 1. The number of carbonyl (C=O) groups excluding carboxylic acids is 1. The lowest BCUT2D eigenvalue weighted by atomic mass is 10.2. The number of nitrogens with one attached hydrogen (secondary N) is 2. The Bertz CT molecular complexity index is 634. The van der Waals surface area contributed by atoms with Gasteiger partial charge in [0, 0.05) is 24.8 Å². The maximum absolute atomic E-state index is 12.1. The van der Waals surface area contributed by atoms with Crippen LogP contribution in [0, 0.1) is 13.8 Å². The smallest absolute Gasteiger partial charge is 0.319 e. The molecular weight excluding hydrogens is 280 g/mol. The van der Waals surface area contributed by atoms with Crippen LogP contribution in [0.4, 0.5) is 16.2 Å². The zero-order chi connectivity index (χ0) is 15.5. The number of nitrogens with zero attached hydrogens (tertiary/aromatic N) is 2. The lowest BCUT2D eigenvalue weighted by Gasteiger charge is -2.19. The molecule has 1 atom stereocenters. The first-order valence-corrected chi connectivity index (χ1v) is 7.44. The molecule has 2 N–H and O–H groups in total. The zero-order valence-corrected chi connectivity index (χ0v) is 12.8. The third kappa shape index (κ3) is 3.05. The van der Waals surface area contributed by atoms with Gasteiger partial charge in [0.25, 0.3) is 0 Å². The van der Waals surface area contributed by atoms with Gasteiger partial charge in [0.15, 0.2) is 5.76 Å². The summed E-state index contributed by atoms with van der Waals surface area (Å²) >= 11 is 0. The highest BCUT2D eigenvalue weighted by Gasteiger charge is 2.24. The molecular formula is C16H20N4O2. The van der Waals surface area contributed by atoms with Crippen LogP contribution >= 0.6 is 0 Å². The fraction of sp³-hybridized carbons (Fsp3) is 0.375. The Morgan fingerprint density at radius 2 is 2.09 bits per heavy atom. The Hall–Kier alpha value is -2.50. The first-order valence-electron chi connectivity index (χ1n) is 7.44. The molecule has 1 fully saturated rings. The van der Waals surface area contributed by atoms with Crippen LogP contribution in [0.1, 0.15) is 17.9 Å². The van der Waals surface area contributed by atoms with Crippen LogP contribution in [0.25, 0.3) is 0 Å². The molecule has 0 unspecified atom stereocenters. The van der Waals surface area contributed by atoms with Crippen molar-refractivity contribution < 1.29 is 9.32 Å². The quantitative estimate of drug-likeness (QED) is 0.914. The van der Waals surface area contributed by atoms with Gasteiger partial charge in [-0.1, -0.05) is 23.4 Å². The third-order valence-corrected chi connectivity index (χ3v) is 3.92. The van der Waals surface area contributed by atoms with Crippen molar-refractivity contribution in [1.29, 1.82) is 0 Å². The monoisotopic (exact) mass is 300 g/mol. The molecule has 3 rings (SSSR count). The average Bonchev–Trinajstić information content (AvgIpc) is 3.10. The summed E-state index contributed by atoms with van der Waals surface area (Å²) < 4.78 is 5.04. The van der Waals surface area contributed by atoms with Gasteiger partial charge in [-0.3, -0.25) is 0 Å². The van der Waals surface area contributed by atoms with Crippen LogP contribution in [0.15, 0.2) is 34.9 Å². The van der Waals surface area contributed by atoms with E-state index in [1.807, 2.05) is 18.2 Å². The van der Waals surface area contributed by atoms with Crippen LogP contribution in [-0.4, -0.2) is 30.3 Å². The van der Waals surface area contributed by atoms with Crippen molar-refractivity contribution in [2.45, 2.75) is 26.3 Å². The SMILES string of the molecule is Cc1noc(C)c1NC(=O)N[C@H]1CCN(c2ccccc2)C1. The van der Waals surface area contributed by atoms with E-state index in [4.69, 9.17) is 4.52 Å². The van der Waals surface area contributed by atoms with E-state index in [-0.39, 0.29) is 12.1 Å². The number of urea groups is 1. The van der Waals surface area contributed by atoms with Crippen molar-refractivity contribution in [1.82, 2.24) is 10.5 Å². The number of aryl methyl sites for hydroxylation is 2. The molecule has 0 bridgehead atoms. The van der Waals surface area contributed by atoms with E-state index in [9.17, 15) is 4.79 Å². The lowest BCUT2D eigenvalue weighted by Crippen LogP contribution is -2.39. The van der Waals surface area contributed by atoms with Gasteiger partial charge in [0.05, 0.1) is 0 Å². The molecule has 22 heavy (non-hydrogen) atoms. The molecule has 6 nitrogen and oxygen atoms in total. The van der Waals surface area contributed by atoms with E-state index in [1.54, 1.807) is 13.8 Å². The Kier molecular flexibility index (Phi) is 4.00. The van der Waals surface area contributed by atoms with E-state index >= 15 is 0 Å². The second kappa shape index (κ2) is 6.09. The van der Waals surface area contributed by atoms with Crippen molar-refractivity contribution in [3.05, 3.63) is 41.8 Å². The van der Waals surface area contributed by atoms with E-state index in [0.717, 1.165) is 19.5 Å². The van der Waals surface area contributed by atoms with Gasteiger partial charge in [-0.05, 0) is 32.4 Å². The number of rotatable bonds is 3. The topological polar surface area (TPSA) is 70.4 Å². The number of aromatic nitrogens is 1. The molecule has 1 aliphatic rings. The first-order chi connectivity index (χ1) is 10.6. The van der Waals surface area contributed by atoms with Crippen LogP contribution in [-0.2, 0) is 0 Å². The molecule has 2 aromatic rings. The normalized spacial score (nSPS) is 17.5. The summed E-state index contributed by atoms with van der Waals surface area (Å²) in [6.07, 6.45) is 0.934. The third-order valence-electron chi connectivity index (χ3n) is 3.92. The molecule has 1 aromatic carbocycles. The van der Waals surface area contributed by atoms with Crippen molar-refractivity contribution >= 4 is 17.4 Å². The molecule has 116 valence electrons. The maximum Gasteiger partial charge on any atom is 0.319 e. The van der Waals surface area contributed by atoms with Gasteiger partial charge in [-0.25, -0.2) is 4.79 Å². The summed E-state index contributed by atoms with van der Waals surface area (Å²) in [4.78, 5) is 14.4. The van der Waals surface area contributed by atoms with E-state index in [0.29, 0.717) is 17.1 Å². The van der Waals surface area contributed by atoms with Crippen molar-refractivity contribution in [2.75, 3.05) is 23.3 Å². The molecule has 0 aliphatic carbocycles. The molecule has 0 radical (unpaired) electrons. The Labute approximate surface area is 129 Å². The van der Waals surface area contributed by atoms with Gasteiger partial charge in [0.1, 0.15) is 11.4 Å². The molecule has 0 spiro atoms. The first kappa shape index (κ1) is 14.4. The predicted octanol–water partition coefficient (Wildman–Crippen LogP) is 2.69. The highest BCUT2D eigenvalue weighted by atomic mass is 16.5. The summed E-state index contributed by atoms with van der Waals surface area (Å²) in [7, 11) is 0. The van der Waals surface area contributed by atoms with Gasteiger partial charge in [-0.15, -0.1) is 0 Å². The minimum Gasteiger partial charge on any atom is -0.369 e. The summed E-state index contributed by atoms with van der Waals surface area (Å²) in [5.74, 6) is 0.616. The maximum atomic E-state index is 12.1. The van der Waals surface area contributed by atoms with Crippen LogP contribution in [0.5, 0.6) is 0 Å². The predicted molar refractivity (Wildman–Crippen MR) is 85.2 cm³/mol. The molecule has 0 saturated carbocycles. The van der Waals surface area contributed by atoms with Gasteiger partial charge in [0.2, 0.25) is 0 Å². The minimum atomic E-state index is -0.214. The summed E-state index contributed by atoms with van der Waals surface area (Å²) in [5.41, 5.74) is 2.53. The number of anilines is 2. The van der Waals surface area contributed by atoms with Crippen molar-refractivity contribution in [2.24, 2.45) is 0 Å². The van der Waals surface area contributed by atoms with Crippen LogP contribution in [0.2, 0.25) is 0 Å². The molecule has 2 heterocycles. The minimum absolute atomic E-state index is 0.140. The van der Waals surface area contributed by atoms with Crippen molar-refractivity contribution in [3.63, 3.8) is 0 Å². The molecule has 1 saturated heterocycles. The van der Waals surface area contributed by atoms with Gasteiger partial charge < -0.3 is 20.1 Å². The number of hydrogen-bond donors (Lipinski definition) is 2. The largest absolute Gasteiger partial charge is 0.369 e. The van der Waals surface area contributed by atoms with Crippen LogP contribution < -0.4 is 15.5 Å². The average molecular weight is 300 g/mol. The number of hydrogen-bond acceptors (Lipinski definition) is 4. The van der Waals surface area contributed by atoms with E-state index in [2.05, 4.69) is 32.8 Å². The summed E-state index contributed by atoms with van der Waals surface area (Å²) in [5, 5.41) is 9.65. The second-order valence-electron chi connectivity index (χ2n) is 5.56. The molecule has 6 heteroatoms. The van der Waals surface area contributed by atoms with Crippen LogP contribution in [0.3, 0.4) is 0 Å². The summed E-state index contributed by atoms with van der Waals surface area (Å²) in [6, 6.07) is 10.2. The van der Waals surface area contributed by atoms with E-state index in [1.165, 1.54) is 5.69 Å². The standard InChI is InChI=1S/C16H20N4O2/c1-11-15(12(2)22-19-11)18-16(21)17-13-8-9-20(10-13)14-6-4-3-5-7-14/h3-7,13H,8-10H2,1-2H3,(H2,17,18,21)/t13-/m0/s1. The van der Waals surface area contributed by atoms with E-state index < -0.39 is 0 Å². The number of carbonyl (C=O) groups is 1. The highest BCUT2D eigenvalue weighted by Crippen LogP contribution is 2.21. The highest BCUT2D eigenvalue weighted by molar-refractivity contribution is 5.90. The molecule has 1 aliphatic heterocycles. The Balaban J connectivity index is 1.55. The Morgan fingerprint density at radius 3 is 2.77 bits per heavy atom. The number of amides is 2. The number of para-hydroxylation sites is 1. The summed E-state index contributed by atoms with van der Waals surface area (Å²) in [6.45, 7) is 5.35. The molecule has 1 aromatic heterocycles.